The van der Waals surface area contributed by atoms with Crippen molar-refractivity contribution in [1.82, 2.24) is 5.32 Å². The van der Waals surface area contributed by atoms with E-state index in [9.17, 15) is 14.9 Å². The highest BCUT2D eigenvalue weighted by Crippen LogP contribution is 2.36. The second-order valence-corrected chi connectivity index (χ2v) is 8.97. The molecule has 1 saturated heterocycles. The number of hydrogen-bond acceptors (Lipinski definition) is 5. The lowest BCUT2D eigenvalue weighted by atomic mass is 9.98. The molecular weight excluding hydrogens is 386 g/mol. The Balaban J connectivity index is 1.55. The Bertz CT molecular complexity index is 925. The zero-order valence-electron chi connectivity index (χ0n) is 16.5. The molecule has 1 N–H and O–H groups in total. The van der Waals surface area contributed by atoms with Crippen LogP contribution in [0, 0.1) is 16.0 Å². The first kappa shape index (κ1) is 19.8. The predicted molar refractivity (Wildman–Crippen MR) is 116 cm³/mol. The van der Waals surface area contributed by atoms with E-state index in [4.69, 9.17) is 0 Å². The van der Waals surface area contributed by atoms with Gasteiger partial charge >= 0.3 is 0 Å². The Morgan fingerprint density at radius 2 is 1.93 bits per heavy atom. The summed E-state index contributed by atoms with van der Waals surface area (Å²) in [6, 6.07) is 12.9. The van der Waals surface area contributed by atoms with E-state index in [1.165, 1.54) is 11.0 Å². The van der Waals surface area contributed by atoms with Gasteiger partial charge in [0.1, 0.15) is 5.69 Å². The second kappa shape index (κ2) is 8.45. The highest BCUT2D eigenvalue weighted by atomic mass is 32.2. The molecule has 1 atom stereocenters. The summed E-state index contributed by atoms with van der Waals surface area (Å²) in [7, 11) is 0. The Morgan fingerprint density at radius 3 is 2.69 bits per heavy atom. The Hall–Kier alpha value is -2.54. The molecule has 2 aromatic rings. The molecule has 2 aliphatic heterocycles. The number of piperidine rings is 1. The van der Waals surface area contributed by atoms with Gasteiger partial charge in [-0.3, -0.25) is 14.9 Å². The molecule has 2 aromatic carbocycles. The van der Waals surface area contributed by atoms with Crippen molar-refractivity contribution in [2.24, 2.45) is 5.92 Å². The van der Waals surface area contributed by atoms with Crippen molar-refractivity contribution in [3.63, 3.8) is 0 Å². The van der Waals surface area contributed by atoms with Crippen LogP contribution in [-0.2, 0) is 0 Å². The highest BCUT2D eigenvalue weighted by Gasteiger charge is 2.26. The van der Waals surface area contributed by atoms with Gasteiger partial charge in [0.25, 0.3) is 11.6 Å². The van der Waals surface area contributed by atoms with Crippen molar-refractivity contribution in [1.29, 1.82) is 0 Å². The maximum atomic E-state index is 12.9. The molecule has 4 rings (SSSR count). The first-order chi connectivity index (χ1) is 14.0. The van der Waals surface area contributed by atoms with Gasteiger partial charge in [-0.15, -0.1) is 11.8 Å². The molecule has 0 aromatic heterocycles. The summed E-state index contributed by atoms with van der Waals surface area (Å²) < 4.78 is 0. The van der Waals surface area contributed by atoms with Crippen LogP contribution in [0.25, 0.3) is 0 Å². The van der Waals surface area contributed by atoms with Crippen LogP contribution >= 0.6 is 11.8 Å². The molecule has 0 saturated carbocycles. The lowest BCUT2D eigenvalue weighted by molar-refractivity contribution is -0.384. The van der Waals surface area contributed by atoms with Gasteiger partial charge in [-0.1, -0.05) is 25.1 Å². The molecule has 0 aliphatic carbocycles. The van der Waals surface area contributed by atoms with Crippen LogP contribution in [-0.4, -0.2) is 29.7 Å². The fourth-order valence-electron chi connectivity index (χ4n) is 4.06. The van der Waals surface area contributed by atoms with Crippen LogP contribution in [0.4, 0.5) is 11.4 Å². The van der Waals surface area contributed by atoms with E-state index < -0.39 is 0 Å². The standard InChI is InChI=1S/C22H25N3O3S/c1-15-8-11-24(12-9-15)19-7-6-16(14-20(19)25(27)28)22(26)23-18-10-13-29-21-5-3-2-4-17(18)21/h2-7,14-15,18H,8-13H2,1H3,(H,23,26). The number of anilines is 1. The highest BCUT2D eigenvalue weighted by molar-refractivity contribution is 7.99. The zero-order chi connectivity index (χ0) is 20.4. The normalized spacial score (nSPS) is 19.5. The van der Waals surface area contributed by atoms with Gasteiger partial charge in [-0.05, 0) is 48.9 Å². The molecule has 2 heterocycles. The van der Waals surface area contributed by atoms with E-state index in [1.54, 1.807) is 23.9 Å². The molecule has 29 heavy (non-hydrogen) atoms. The SMILES string of the molecule is CC1CCN(c2ccc(C(=O)NC3CCSc4ccccc43)cc2[N+](=O)[O-])CC1. The van der Waals surface area contributed by atoms with Gasteiger partial charge < -0.3 is 10.2 Å². The monoisotopic (exact) mass is 411 g/mol. The summed E-state index contributed by atoms with van der Waals surface area (Å²) in [5.41, 5.74) is 2.07. The number of nitrogens with zero attached hydrogens (tertiary/aromatic N) is 2. The lowest BCUT2D eigenvalue weighted by Gasteiger charge is -2.31. The van der Waals surface area contributed by atoms with Crippen molar-refractivity contribution in [2.45, 2.75) is 37.1 Å². The number of benzene rings is 2. The Morgan fingerprint density at radius 1 is 1.17 bits per heavy atom. The average Bonchev–Trinajstić information content (AvgIpc) is 2.74. The van der Waals surface area contributed by atoms with Gasteiger partial charge in [0.2, 0.25) is 0 Å². The number of nitro groups is 1. The summed E-state index contributed by atoms with van der Waals surface area (Å²) in [5, 5.41) is 14.8. The average molecular weight is 412 g/mol. The third-order valence-electron chi connectivity index (χ3n) is 5.82. The van der Waals surface area contributed by atoms with Crippen LogP contribution in [0.15, 0.2) is 47.4 Å². The molecule has 0 spiro atoms. The van der Waals surface area contributed by atoms with E-state index in [-0.39, 0.29) is 22.6 Å². The zero-order valence-corrected chi connectivity index (χ0v) is 17.3. The van der Waals surface area contributed by atoms with Crippen molar-refractivity contribution in [3.8, 4) is 0 Å². The Labute approximate surface area is 174 Å². The van der Waals surface area contributed by atoms with Crippen molar-refractivity contribution >= 4 is 29.0 Å². The molecule has 2 aliphatic rings. The summed E-state index contributed by atoms with van der Waals surface area (Å²) in [6.45, 7) is 3.83. The van der Waals surface area contributed by atoms with Gasteiger partial charge in [0, 0.05) is 35.4 Å². The van der Waals surface area contributed by atoms with Crippen molar-refractivity contribution in [2.75, 3.05) is 23.7 Å². The number of carbonyl (C=O) groups excluding carboxylic acids is 1. The molecule has 1 fully saturated rings. The number of rotatable bonds is 4. The molecule has 152 valence electrons. The van der Waals surface area contributed by atoms with Crippen LogP contribution in [0.3, 0.4) is 0 Å². The summed E-state index contributed by atoms with van der Waals surface area (Å²) in [6.07, 6.45) is 2.90. The number of hydrogen-bond donors (Lipinski definition) is 1. The maximum Gasteiger partial charge on any atom is 0.293 e. The minimum atomic E-state index is -0.378. The van der Waals surface area contributed by atoms with E-state index >= 15 is 0 Å². The Kier molecular flexibility index (Phi) is 5.76. The van der Waals surface area contributed by atoms with Crippen LogP contribution in [0.2, 0.25) is 0 Å². The first-order valence-corrected chi connectivity index (χ1v) is 11.1. The quantitative estimate of drug-likeness (QED) is 0.578. The van der Waals surface area contributed by atoms with Crippen LogP contribution in [0.5, 0.6) is 0 Å². The topological polar surface area (TPSA) is 75.5 Å². The third-order valence-corrected chi connectivity index (χ3v) is 6.95. The number of amides is 1. The summed E-state index contributed by atoms with van der Waals surface area (Å²) in [4.78, 5) is 27.4. The summed E-state index contributed by atoms with van der Waals surface area (Å²) >= 11 is 1.79. The molecule has 1 amide bonds. The van der Waals surface area contributed by atoms with E-state index in [2.05, 4.69) is 23.2 Å². The van der Waals surface area contributed by atoms with Crippen LogP contribution < -0.4 is 10.2 Å². The number of nitro benzene ring substituents is 1. The van der Waals surface area contributed by atoms with E-state index in [0.717, 1.165) is 43.7 Å². The second-order valence-electron chi connectivity index (χ2n) is 7.83. The number of carbonyl (C=O) groups is 1. The van der Waals surface area contributed by atoms with Gasteiger partial charge in [-0.25, -0.2) is 0 Å². The van der Waals surface area contributed by atoms with E-state index in [1.807, 2.05) is 18.2 Å². The molecule has 0 bridgehead atoms. The minimum Gasteiger partial charge on any atom is -0.366 e. The first-order valence-electron chi connectivity index (χ1n) is 10.1. The van der Waals surface area contributed by atoms with Crippen molar-refractivity contribution < 1.29 is 9.72 Å². The van der Waals surface area contributed by atoms with Crippen molar-refractivity contribution in [3.05, 3.63) is 63.7 Å². The number of fused-ring (bicyclic) bond motifs is 1. The fourth-order valence-corrected chi connectivity index (χ4v) is 5.19. The van der Waals surface area contributed by atoms with E-state index in [0.29, 0.717) is 17.2 Å². The lowest BCUT2D eigenvalue weighted by Crippen LogP contribution is -2.33. The van der Waals surface area contributed by atoms with Gasteiger partial charge in [-0.2, -0.15) is 0 Å². The largest absolute Gasteiger partial charge is 0.366 e. The molecule has 0 radical (unpaired) electrons. The molecule has 7 heteroatoms. The maximum absolute atomic E-state index is 12.9. The third kappa shape index (κ3) is 4.24. The van der Waals surface area contributed by atoms with Crippen LogP contribution in [0.1, 0.15) is 48.1 Å². The smallest absolute Gasteiger partial charge is 0.293 e. The number of nitrogens with one attached hydrogen (secondary N) is 1. The van der Waals surface area contributed by atoms with Gasteiger partial charge in [0.15, 0.2) is 0 Å². The number of thioether (sulfide) groups is 1. The van der Waals surface area contributed by atoms with Gasteiger partial charge in [0.05, 0.1) is 11.0 Å². The molecular formula is C22H25N3O3S. The molecule has 6 nitrogen and oxygen atoms in total. The molecule has 1 unspecified atom stereocenters. The summed E-state index contributed by atoms with van der Waals surface area (Å²) in [5.74, 6) is 1.32. The minimum absolute atomic E-state index is 0.00630. The predicted octanol–water partition coefficient (Wildman–Crippen LogP) is 4.80. The fraction of sp³-hybridized carbons (Fsp3) is 0.409.